The third-order valence-electron chi connectivity index (χ3n) is 4.62. The number of piperidine rings is 1. The van der Waals surface area contributed by atoms with Crippen molar-refractivity contribution in [2.24, 2.45) is 0 Å². The maximum Gasteiger partial charge on any atom is 0.253 e. The zero-order valence-corrected chi connectivity index (χ0v) is 17.1. The van der Waals surface area contributed by atoms with Crippen LogP contribution in [-0.2, 0) is 10.0 Å². The predicted molar refractivity (Wildman–Crippen MR) is 107 cm³/mol. The molecule has 0 aliphatic carbocycles. The van der Waals surface area contributed by atoms with E-state index in [1.54, 1.807) is 36.4 Å². The van der Waals surface area contributed by atoms with Gasteiger partial charge in [0.2, 0.25) is 10.0 Å². The van der Waals surface area contributed by atoms with Crippen LogP contribution < -0.4 is 5.32 Å². The number of halogens is 2. The lowest BCUT2D eigenvalue weighted by Gasteiger charge is -2.31. The van der Waals surface area contributed by atoms with Crippen LogP contribution in [0.3, 0.4) is 0 Å². The van der Waals surface area contributed by atoms with Crippen molar-refractivity contribution in [1.29, 1.82) is 0 Å². The molecule has 5 nitrogen and oxygen atoms in total. The molecule has 0 atom stereocenters. The van der Waals surface area contributed by atoms with Crippen molar-refractivity contribution in [2.75, 3.05) is 13.1 Å². The monoisotopic (exact) mass is 426 g/mol. The van der Waals surface area contributed by atoms with E-state index in [0.29, 0.717) is 46.4 Å². The summed E-state index contributed by atoms with van der Waals surface area (Å²) in [5.74, 6) is -0.303. The Bertz CT molecular complexity index is 938. The number of sulfonamides is 1. The van der Waals surface area contributed by atoms with E-state index in [2.05, 4.69) is 5.32 Å². The summed E-state index contributed by atoms with van der Waals surface area (Å²) in [6.07, 6.45) is 1.07. The van der Waals surface area contributed by atoms with E-state index in [1.807, 2.05) is 6.92 Å². The molecule has 0 spiro atoms. The van der Waals surface area contributed by atoms with Gasteiger partial charge in [0, 0.05) is 24.2 Å². The molecule has 0 unspecified atom stereocenters. The summed E-state index contributed by atoms with van der Waals surface area (Å²) in [5.41, 5.74) is 1.33. The highest BCUT2D eigenvalue weighted by atomic mass is 35.5. The fourth-order valence-corrected chi connectivity index (χ4v) is 4.88. The molecule has 1 heterocycles. The highest BCUT2D eigenvalue weighted by Crippen LogP contribution is 2.23. The van der Waals surface area contributed by atoms with E-state index >= 15 is 0 Å². The molecular weight excluding hydrogens is 407 g/mol. The fraction of sp³-hybridized carbons (Fsp3) is 0.316. The first-order valence-corrected chi connectivity index (χ1v) is 10.8. The third kappa shape index (κ3) is 4.63. The van der Waals surface area contributed by atoms with Gasteiger partial charge in [-0.3, -0.25) is 4.79 Å². The van der Waals surface area contributed by atoms with Crippen molar-refractivity contribution in [3.8, 4) is 0 Å². The number of hydrogen-bond acceptors (Lipinski definition) is 3. The van der Waals surface area contributed by atoms with Gasteiger partial charge in [0.15, 0.2) is 0 Å². The first-order valence-electron chi connectivity index (χ1n) is 8.60. The van der Waals surface area contributed by atoms with Gasteiger partial charge in [0.25, 0.3) is 5.91 Å². The number of nitrogens with zero attached hydrogens (tertiary/aromatic N) is 1. The molecule has 0 radical (unpaired) electrons. The van der Waals surface area contributed by atoms with Crippen molar-refractivity contribution >= 4 is 39.1 Å². The largest absolute Gasteiger partial charge is 0.349 e. The van der Waals surface area contributed by atoms with Gasteiger partial charge in [-0.25, -0.2) is 8.42 Å². The summed E-state index contributed by atoms with van der Waals surface area (Å²) in [4.78, 5) is 12.7. The van der Waals surface area contributed by atoms with Gasteiger partial charge in [-0.05, 0) is 50.1 Å². The molecular formula is C19H20Cl2N2O3S. The summed E-state index contributed by atoms with van der Waals surface area (Å²) in [7, 11) is -3.51. The molecule has 0 aromatic heterocycles. The smallest absolute Gasteiger partial charge is 0.253 e. The van der Waals surface area contributed by atoms with Crippen LogP contribution in [0.25, 0.3) is 0 Å². The first kappa shape index (κ1) is 20.1. The summed E-state index contributed by atoms with van der Waals surface area (Å²) >= 11 is 12.0. The molecule has 144 valence electrons. The Kier molecular flexibility index (Phi) is 6.11. The van der Waals surface area contributed by atoms with E-state index in [0.717, 1.165) is 5.56 Å². The molecule has 27 heavy (non-hydrogen) atoms. The standard InChI is InChI=1S/C19H20Cl2N2O3S/c1-13-2-5-16(6-3-13)27(25,26)23-10-8-15(9-11-23)22-19(24)17-12-14(20)4-7-18(17)21/h2-7,12,15H,8-11H2,1H3,(H,22,24). The number of benzene rings is 2. The number of carbonyl (C=O) groups excluding carboxylic acids is 1. The molecule has 1 fully saturated rings. The Labute approximate surface area is 169 Å². The average molecular weight is 427 g/mol. The number of rotatable bonds is 4. The summed E-state index contributed by atoms with van der Waals surface area (Å²) < 4.78 is 26.9. The topological polar surface area (TPSA) is 66.5 Å². The Hall–Kier alpha value is -1.60. The average Bonchev–Trinajstić information content (AvgIpc) is 2.64. The predicted octanol–water partition coefficient (Wildman–Crippen LogP) is 3.88. The minimum atomic E-state index is -3.51. The number of nitrogens with one attached hydrogen (secondary N) is 1. The molecule has 1 aliphatic heterocycles. The molecule has 1 N–H and O–H groups in total. The number of carbonyl (C=O) groups is 1. The minimum absolute atomic E-state index is 0.114. The maximum atomic E-state index is 12.7. The second-order valence-corrected chi connectivity index (χ2v) is 9.37. The highest BCUT2D eigenvalue weighted by molar-refractivity contribution is 7.89. The Morgan fingerprint density at radius 2 is 1.70 bits per heavy atom. The Balaban J connectivity index is 1.62. The van der Waals surface area contributed by atoms with Crippen molar-refractivity contribution in [2.45, 2.75) is 30.7 Å². The number of hydrogen-bond donors (Lipinski definition) is 1. The molecule has 1 aliphatic rings. The lowest BCUT2D eigenvalue weighted by Crippen LogP contribution is -2.46. The van der Waals surface area contributed by atoms with E-state index in [9.17, 15) is 13.2 Å². The van der Waals surface area contributed by atoms with Crippen molar-refractivity contribution in [3.05, 3.63) is 63.6 Å². The highest BCUT2D eigenvalue weighted by Gasteiger charge is 2.30. The van der Waals surface area contributed by atoms with Gasteiger partial charge in [0.1, 0.15) is 0 Å². The fourth-order valence-electron chi connectivity index (χ4n) is 3.03. The summed E-state index contributed by atoms with van der Waals surface area (Å²) in [6.45, 7) is 2.62. The van der Waals surface area contributed by atoms with Gasteiger partial charge >= 0.3 is 0 Å². The second-order valence-electron chi connectivity index (χ2n) is 6.59. The van der Waals surface area contributed by atoms with Crippen molar-refractivity contribution < 1.29 is 13.2 Å². The molecule has 8 heteroatoms. The second kappa shape index (κ2) is 8.19. The maximum absolute atomic E-state index is 12.7. The van der Waals surface area contributed by atoms with Crippen LogP contribution in [0.4, 0.5) is 0 Å². The van der Waals surface area contributed by atoms with E-state index in [4.69, 9.17) is 23.2 Å². The number of aryl methyl sites for hydroxylation is 1. The lowest BCUT2D eigenvalue weighted by molar-refractivity contribution is 0.0924. The van der Waals surface area contributed by atoms with E-state index in [1.165, 1.54) is 10.4 Å². The van der Waals surface area contributed by atoms with E-state index < -0.39 is 10.0 Å². The minimum Gasteiger partial charge on any atom is -0.349 e. The van der Waals surface area contributed by atoms with Gasteiger partial charge in [-0.1, -0.05) is 40.9 Å². The third-order valence-corrected chi connectivity index (χ3v) is 7.10. The summed E-state index contributed by atoms with van der Waals surface area (Å²) in [6, 6.07) is 11.4. The molecule has 2 aromatic rings. The van der Waals surface area contributed by atoms with Gasteiger partial charge in [0.05, 0.1) is 15.5 Å². The molecule has 1 saturated heterocycles. The quantitative estimate of drug-likeness (QED) is 0.805. The van der Waals surface area contributed by atoms with Gasteiger partial charge in [-0.15, -0.1) is 0 Å². The Morgan fingerprint density at radius 1 is 1.07 bits per heavy atom. The van der Waals surface area contributed by atoms with Crippen LogP contribution in [0.15, 0.2) is 47.4 Å². The molecule has 1 amide bonds. The summed E-state index contributed by atoms with van der Waals surface area (Å²) in [5, 5.41) is 3.68. The lowest BCUT2D eigenvalue weighted by atomic mass is 10.1. The molecule has 2 aromatic carbocycles. The zero-order valence-electron chi connectivity index (χ0n) is 14.8. The van der Waals surface area contributed by atoms with Crippen LogP contribution >= 0.6 is 23.2 Å². The van der Waals surface area contributed by atoms with Crippen molar-refractivity contribution in [3.63, 3.8) is 0 Å². The number of amides is 1. The van der Waals surface area contributed by atoms with Crippen LogP contribution in [0.5, 0.6) is 0 Å². The van der Waals surface area contributed by atoms with Gasteiger partial charge in [-0.2, -0.15) is 4.31 Å². The van der Waals surface area contributed by atoms with Crippen molar-refractivity contribution in [1.82, 2.24) is 9.62 Å². The SMILES string of the molecule is Cc1ccc(S(=O)(=O)N2CCC(NC(=O)c3cc(Cl)ccc3Cl)CC2)cc1. The molecule has 3 rings (SSSR count). The van der Waals surface area contributed by atoms with Crippen LogP contribution in [0.1, 0.15) is 28.8 Å². The van der Waals surface area contributed by atoms with Gasteiger partial charge < -0.3 is 5.32 Å². The molecule has 0 bridgehead atoms. The normalized spacial score (nSPS) is 16.3. The van der Waals surface area contributed by atoms with Crippen LogP contribution in [0.2, 0.25) is 10.0 Å². The first-order chi connectivity index (χ1) is 12.8. The zero-order chi connectivity index (χ0) is 19.6. The van der Waals surface area contributed by atoms with E-state index in [-0.39, 0.29) is 11.9 Å². The molecule has 0 saturated carbocycles. The Morgan fingerprint density at radius 3 is 2.33 bits per heavy atom. The van der Waals surface area contributed by atoms with Crippen LogP contribution in [-0.4, -0.2) is 37.8 Å². The van der Waals surface area contributed by atoms with Crippen LogP contribution in [0, 0.1) is 6.92 Å².